The minimum Gasteiger partial charge on any atom is -0.494 e. The Hall–Kier alpha value is -8.58. The van der Waals surface area contributed by atoms with Gasteiger partial charge in [-0.15, -0.1) is 10.2 Å². The zero-order valence-electron chi connectivity index (χ0n) is 49.5. The van der Waals surface area contributed by atoms with E-state index < -0.39 is 52.8 Å². The lowest BCUT2D eigenvalue weighted by molar-refractivity contribution is -0.136. The Balaban J connectivity index is 0.653. The van der Waals surface area contributed by atoms with Crippen molar-refractivity contribution >= 4 is 46.0 Å². The first-order valence-electron chi connectivity index (χ1n) is 28.9. The Kier molecular flexibility index (Phi) is 28.7. The van der Waals surface area contributed by atoms with Crippen LogP contribution in [0.25, 0.3) is 22.3 Å². The molecule has 0 radical (unpaired) electrons. The van der Waals surface area contributed by atoms with Crippen LogP contribution in [0.1, 0.15) is 70.8 Å². The number of aliphatic hydroxyl groups excluding tert-OH is 1. The summed E-state index contributed by atoms with van der Waals surface area (Å²) in [6.07, 6.45) is 7.24. The number of nitrogens with one attached hydrogen (secondary N) is 3. The number of methoxy groups -OCH3 is 1. The molecule has 1 aliphatic rings. The summed E-state index contributed by atoms with van der Waals surface area (Å²) in [7, 11) is 1.41. The molecule has 6 aromatic rings. The third kappa shape index (κ3) is 21.6. The fourth-order valence-electron chi connectivity index (χ4n) is 8.88. The van der Waals surface area contributed by atoms with Gasteiger partial charge in [0.2, 0.25) is 17.5 Å². The van der Waals surface area contributed by atoms with Crippen molar-refractivity contribution in [3.63, 3.8) is 0 Å². The molecule has 3 amide bonds. The molecule has 90 heavy (non-hydrogen) atoms. The highest BCUT2D eigenvalue weighted by molar-refractivity contribution is 6.45. The summed E-state index contributed by atoms with van der Waals surface area (Å²) < 4.78 is 96.9. The molecular weight excluding hydrogens is 1190 g/mol. The predicted octanol–water partition coefficient (Wildman–Crippen LogP) is 3.61. The highest BCUT2D eigenvalue weighted by Crippen LogP contribution is 2.33. The maximum absolute atomic E-state index is 13.8. The van der Waals surface area contributed by atoms with Gasteiger partial charge >= 0.3 is 5.97 Å². The number of nitrogens with zero attached hydrogens (tertiary/aromatic N) is 9. The molecule has 1 saturated heterocycles. The summed E-state index contributed by atoms with van der Waals surface area (Å²) in [5, 5.41) is 38.1. The molecule has 4 N–H and O–H groups in total. The SMILES string of the molecule is COc1cnc(-n2cnc(C(=O)N[C@H](CO)CCCNC(=O)CCOCCOCCOCCOCc3cn(COCCOCCOCCOCCC(=O)Oc4c(F)cc(F)cc4F)nn3)n2)c2[nH]cc(C(=O)C(=O)N3CCC(=C(C#N)c4ccccc4)CC3)c12. The number of halogens is 3. The molecule has 1 aliphatic heterocycles. The highest BCUT2D eigenvalue weighted by Gasteiger charge is 2.31. The second kappa shape index (κ2) is 37.4. The molecule has 0 saturated carbocycles. The van der Waals surface area contributed by atoms with E-state index >= 15 is 0 Å². The van der Waals surface area contributed by atoms with Crippen LogP contribution >= 0.6 is 0 Å². The lowest BCUT2D eigenvalue weighted by Crippen LogP contribution is -2.40. The van der Waals surface area contributed by atoms with Crippen molar-refractivity contribution in [1.82, 2.24) is 55.3 Å². The minimum atomic E-state index is -1.32. The van der Waals surface area contributed by atoms with Crippen LogP contribution in [0.2, 0.25) is 0 Å². The summed E-state index contributed by atoms with van der Waals surface area (Å²) in [4.78, 5) is 77.8. The van der Waals surface area contributed by atoms with E-state index in [2.05, 4.69) is 51.8 Å². The van der Waals surface area contributed by atoms with Crippen LogP contribution in [0, 0.1) is 28.8 Å². The first-order valence-corrected chi connectivity index (χ1v) is 28.9. The van der Waals surface area contributed by atoms with Crippen molar-refractivity contribution < 1.29 is 89.6 Å². The predicted molar refractivity (Wildman–Crippen MR) is 309 cm³/mol. The number of carbonyl (C=O) groups excluding carboxylic acids is 5. The maximum atomic E-state index is 13.8. The normalized spacial score (nSPS) is 12.7. The number of piperidine rings is 1. The van der Waals surface area contributed by atoms with Crippen molar-refractivity contribution in [2.24, 2.45) is 0 Å². The number of ketones is 1. The van der Waals surface area contributed by atoms with Crippen molar-refractivity contribution in [1.29, 1.82) is 5.26 Å². The fraction of sp³-hybridized carbons (Fsp3) is 0.475. The summed E-state index contributed by atoms with van der Waals surface area (Å²) in [6.45, 7) is 4.44. The van der Waals surface area contributed by atoms with Crippen molar-refractivity contribution in [2.75, 3.05) is 126 Å². The number of ether oxygens (including phenoxy) is 10. The number of carbonyl (C=O) groups is 5. The molecule has 7 rings (SSSR count). The van der Waals surface area contributed by atoms with Gasteiger partial charge in [-0.2, -0.15) is 9.94 Å². The minimum absolute atomic E-state index is 0.0552. The maximum Gasteiger partial charge on any atom is 0.313 e. The van der Waals surface area contributed by atoms with Crippen LogP contribution in [-0.2, 0) is 65.6 Å². The van der Waals surface area contributed by atoms with E-state index in [1.807, 2.05) is 30.3 Å². The Bertz CT molecular complexity index is 3330. The van der Waals surface area contributed by atoms with E-state index in [9.17, 15) is 47.5 Å². The van der Waals surface area contributed by atoms with Crippen LogP contribution in [0.4, 0.5) is 13.2 Å². The van der Waals surface area contributed by atoms with Crippen molar-refractivity contribution in [2.45, 2.75) is 57.9 Å². The van der Waals surface area contributed by atoms with Gasteiger partial charge < -0.3 is 73.0 Å². The number of benzene rings is 2. The number of likely N-dealkylation sites (tertiary alicyclic amines) is 1. The summed E-state index contributed by atoms with van der Waals surface area (Å²) in [6, 6.07) is 11.8. The van der Waals surface area contributed by atoms with Crippen LogP contribution in [-0.4, -0.2) is 211 Å². The summed E-state index contributed by atoms with van der Waals surface area (Å²) in [5.41, 5.74) is 3.26. The Morgan fingerprint density at radius 2 is 1.42 bits per heavy atom. The fourth-order valence-corrected chi connectivity index (χ4v) is 8.88. The van der Waals surface area contributed by atoms with Gasteiger partial charge in [0.1, 0.15) is 30.3 Å². The summed E-state index contributed by atoms with van der Waals surface area (Å²) >= 11 is 0. The topological polar surface area (TPSA) is 339 Å². The molecule has 2 aromatic carbocycles. The molecule has 0 spiro atoms. The number of amides is 3. The largest absolute Gasteiger partial charge is 0.494 e. The van der Waals surface area contributed by atoms with Gasteiger partial charge in [-0.3, -0.25) is 24.0 Å². The number of hydrogen-bond acceptors (Lipinski definition) is 22. The lowest BCUT2D eigenvalue weighted by Gasteiger charge is -2.28. The molecule has 0 aliphatic carbocycles. The van der Waals surface area contributed by atoms with Gasteiger partial charge in [-0.1, -0.05) is 35.5 Å². The quantitative estimate of drug-likeness (QED) is 0.0106. The van der Waals surface area contributed by atoms with Crippen LogP contribution < -0.4 is 20.1 Å². The number of nitriles is 1. The van der Waals surface area contributed by atoms with Crippen molar-refractivity contribution in [3.8, 4) is 23.4 Å². The van der Waals surface area contributed by atoms with E-state index in [0.29, 0.717) is 114 Å². The van der Waals surface area contributed by atoms with Gasteiger partial charge in [0, 0.05) is 44.4 Å². The zero-order chi connectivity index (χ0) is 63.9. The number of rotatable bonds is 41. The number of hydrogen-bond donors (Lipinski definition) is 4. The van der Waals surface area contributed by atoms with E-state index in [-0.39, 0.29) is 120 Å². The number of pyridine rings is 1. The first kappa shape index (κ1) is 68.9. The number of fused-ring (bicyclic) bond motifs is 1. The second-order valence-corrected chi connectivity index (χ2v) is 19.7. The van der Waals surface area contributed by atoms with Gasteiger partial charge in [0.15, 0.2) is 17.5 Å². The molecular formula is C59H71F3N12O16. The van der Waals surface area contributed by atoms with E-state index in [4.69, 9.17) is 42.6 Å². The van der Waals surface area contributed by atoms with E-state index in [0.717, 1.165) is 11.1 Å². The number of aromatic amines is 1. The number of esters is 1. The monoisotopic (exact) mass is 1260 g/mol. The zero-order valence-corrected chi connectivity index (χ0v) is 49.5. The van der Waals surface area contributed by atoms with Gasteiger partial charge in [0.05, 0.1) is 166 Å². The number of H-pyrrole nitrogens is 1. The number of Topliss-reactive ketones (excluding diaryl/α,β-unsaturated/α-hetero) is 1. The standard InChI is InChI=1S/C59H71F3N12O16/c1-81-49-34-66-57(53-52(49)46(33-65-53)54(78)59(80)72-14-9-41(10-15-72)45(32-63)40-6-3-2-4-7-40)74-38-67-56(70-74)58(79)68-43(36-75)8-5-13-64-50(76)11-16-82-18-20-84-22-24-86-26-28-88-37-44-35-73(71-69-44)39-89-29-27-87-25-23-85-21-19-83-17-12-51(77)90-55-47(61)30-42(60)31-48(55)62/h2-4,6-7,30-31,33-35,38,43,65,75H,5,8-29,36-37,39H2,1H3,(H,64,76)(H,68,79)/t43-/m0/s1. The average Bonchev–Trinajstić information content (AvgIpc) is 1.79. The van der Waals surface area contributed by atoms with Crippen LogP contribution in [0.15, 0.2) is 73.0 Å². The Morgan fingerprint density at radius 1 is 0.800 bits per heavy atom. The number of aromatic nitrogens is 8. The molecule has 31 heteroatoms. The summed E-state index contributed by atoms with van der Waals surface area (Å²) in [5.74, 6) is -7.87. The number of allylic oxidation sites excluding steroid dienone is 1. The lowest BCUT2D eigenvalue weighted by atomic mass is 9.93. The molecule has 4 aromatic heterocycles. The Labute approximate surface area is 514 Å². The van der Waals surface area contributed by atoms with E-state index in [1.165, 1.54) is 40.1 Å². The Morgan fingerprint density at radius 3 is 2.06 bits per heavy atom. The molecule has 5 heterocycles. The smallest absolute Gasteiger partial charge is 0.313 e. The van der Waals surface area contributed by atoms with Crippen LogP contribution in [0.5, 0.6) is 11.5 Å². The van der Waals surface area contributed by atoms with Crippen molar-refractivity contribution in [3.05, 3.63) is 113 Å². The molecule has 1 atom stereocenters. The second-order valence-electron chi connectivity index (χ2n) is 19.7. The van der Waals surface area contributed by atoms with Gasteiger partial charge in [-0.05, 0) is 36.8 Å². The van der Waals surface area contributed by atoms with E-state index in [1.54, 1.807) is 6.20 Å². The van der Waals surface area contributed by atoms with Gasteiger partial charge in [-0.25, -0.2) is 27.8 Å². The molecule has 0 bridgehead atoms. The third-order valence-corrected chi connectivity index (χ3v) is 13.4. The van der Waals surface area contributed by atoms with Gasteiger partial charge in [0.25, 0.3) is 17.6 Å². The molecule has 1 fully saturated rings. The molecule has 28 nitrogen and oxygen atoms in total. The average molecular weight is 1260 g/mol. The molecule has 484 valence electrons. The highest BCUT2D eigenvalue weighted by atomic mass is 19.1. The number of aliphatic hydroxyl groups is 1. The first-order chi connectivity index (χ1) is 43.9. The molecule has 0 unspecified atom stereocenters. The third-order valence-electron chi connectivity index (χ3n) is 13.4. The van der Waals surface area contributed by atoms with Crippen LogP contribution in [0.3, 0.4) is 0 Å².